The highest BCUT2D eigenvalue weighted by Crippen LogP contribution is 2.20. The van der Waals surface area contributed by atoms with Crippen molar-refractivity contribution in [1.82, 2.24) is 20.2 Å². The van der Waals surface area contributed by atoms with Gasteiger partial charge in [0.25, 0.3) is 5.91 Å². The molecule has 0 unspecified atom stereocenters. The molecule has 0 spiro atoms. The minimum absolute atomic E-state index is 0.0136. The van der Waals surface area contributed by atoms with Gasteiger partial charge >= 0.3 is 0 Å². The van der Waals surface area contributed by atoms with Gasteiger partial charge < -0.3 is 9.73 Å². The van der Waals surface area contributed by atoms with Crippen molar-refractivity contribution >= 4 is 15.9 Å². The van der Waals surface area contributed by atoms with E-state index in [4.69, 9.17) is 4.42 Å². The number of rotatable bonds is 6. The number of carbonyl (C=O) groups is 1. The molecule has 0 aliphatic heterocycles. The number of carbonyl (C=O) groups excluding carboxylic acids is 1. The molecule has 0 radical (unpaired) electrons. The maximum Gasteiger partial charge on any atom is 0.251 e. The molecule has 1 aromatic heterocycles. The van der Waals surface area contributed by atoms with Crippen molar-refractivity contribution in [2.24, 2.45) is 0 Å². The predicted molar refractivity (Wildman–Crippen MR) is 93.9 cm³/mol. The summed E-state index contributed by atoms with van der Waals surface area (Å²) < 4.78 is 33.0. The number of nitrogens with one attached hydrogen (secondary N) is 2. The molecule has 1 atom stereocenters. The number of benzene rings is 1. The van der Waals surface area contributed by atoms with Gasteiger partial charge in [0.1, 0.15) is 0 Å². The van der Waals surface area contributed by atoms with Crippen LogP contribution in [0.15, 0.2) is 33.6 Å². The Kier molecular flexibility index (Phi) is 5.38. The summed E-state index contributed by atoms with van der Waals surface area (Å²) >= 11 is 0. The average molecular weight is 378 g/mol. The van der Waals surface area contributed by atoms with Crippen LogP contribution in [-0.4, -0.2) is 30.6 Å². The molecule has 2 N–H and O–H groups in total. The van der Waals surface area contributed by atoms with E-state index < -0.39 is 16.1 Å². The lowest BCUT2D eigenvalue weighted by molar-refractivity contribution is 0.0937. The number of aromatic nitrogens is 2. The summed E-state index contributed by atoms with van der Waals surface area (Å²) in [6, 6.07) is 5.46. The molecule has 1 aliphatic rings. The standard InChI is InChI=1S/C17H22N4O4S/c1-11(17-20-19-12(2)25-17)21-26(23,24)15-9-5-6-13(10-15)16(22)18-14-7-3-4-8-14/h5-6,9-11,14,21H,3-4,7-8H2,1-2H3,(H,18,22)/t11-/m1/s1. The Labute approximate surface area is 152 Å². The lowest BCUT2D eigenvalue weighted by Gasteiger charge is -2.14. The van der Waals surface area contributed by atoms with Crippen LogP contribution in [0.1, 0.15) is 60.8 Å². The second-order valence-electron chi connectivity index (χ2n) is 6.48. The van der Waals surface area contributed by atoms with Gasteiger partial charge in [-0.25, -0.2) is 8.42 Å². The van der Waals surface area contributed by atoms with Gasteiger partial charge in [0.2, 0.25) is 21.8 Å². The molecule has 2 aromatic rings. The molecule has 9 heteroatoms. The van der Waals surface area contributed by atoms with E-state index in [9.17, 15) is 13.2 Å². The van der Waals surface area contributed by atoms with E-state index in [1.165, 1.54) is 12.1 Å². The van der Waals surface area contributed by atoms with Crippen LogP contribution in [-0.2, 0) is 10.0 Å². The fourth-order valence-corrected chi connectivity index (χ4v) is 4.22. The Hall–Kier alpha value is -2.26. The molecule has 140 valence electrons. The lowest BCUT2D eigenvalue weighted by Crippen LogP contribution is -2.33. The van der Waals surface area contributed by atoms with E-state index in [-0.39, 0.29) is 22.7 Å². The third kappa shape index (κ3) is 4.28. The summed E-state index contributed by atoms with van der Waals surface area (Å²) in [7, 11) is -3.84. The summed E-state index contributed by atoms with van der Waals surface area (Å²) in [6.45, 7) is 3.24. The van der Waals surface area contributed by atoms with Gasteiger partial charge in [-0.05, 0) is 38.0 Å². The zero-order valence-electron chi connectivity index (χ0n) is 14.7. The van der Waals surface area contributed by atoms with E-state index >= 15 is 0 Å². The van der Waals surface area contributed by atoms with Crippen LogP contribution >= 0.6 is 0 Å². The first-order chi connectivity index (χ1) is 12.3. The van der Waals surface area contributed by atoms with Crippen molar-refractivity contribution in [3.05, 3.63) is 41.6 Å². The molecular weight excluding hydrogens is 356 g/mol. The number of amides is 1. The van der Waals surface area contributed by atoms with Gasteiger partial charge in [-0.1, -0.05) is 18.9 Å². The SMILES string of the molecule is Cc1nnc([C@@H](C)NS(=O)(=O)c2cccc(C(=O)NC3CCCC3)c2)o1. The van der Waals surface area contributed by atoms with Crippen molar-refractivity contribution in [2.75, 3.05) is 0 Å². The number of hydrogen-bond donors (Lipinski definition) is 2. The first-order valence-electron chi connectivity index (χ1n) is 8.58. The van der Waals surface area contributed by atoms with Gasteiger partial charge in [0.15, 0.2) is 0 Å². The second-order valence-corrected chi connectivity index (χ2v) is 8.20. The zero-order valence-corrected chi connectivity index (χ0v) is 15.5. The van der Waals surface area contributed by atoms with Gasteiger partial charge in [-0.2, -0.15) is 4.72 Å². The number of nitrogens with zero attached hydrogens (tertiary/aromatic N) is 2. The molecule has 1 heterocycles. The molecule has 8 nitrogen and oxygen atoms in total. The van der Waals surface area contributed by atoms with Gasteiger partial charge in [0.05, 0.1) is 10.9 Å². The van der Waals surface area contributed by atoms with Crippen LogP contribution in [0.3, 0.4) is 0 Å². The molecule has 1 amide bonds. The summed E-state index contributed by atoms with van der Waals surface area (Å²) in [6.07, 6.45) is 4.14. The Bertz CT molecular complexity index is 888. The van der Waals surface area contributed by atoms with E-state index in [1.807, 2.05) is 0 Å². The summed E-state index contributed by atoms with van der Waals surface area (Å²) in [5.74, 6) is 0.285. The number of aryl methyl sites for hydroxylation is 1. The van der Waals surface area contributed by atoms with Gasteiger partial charge in [-0.15, -0.1) is 10.2 Å². The quantitative estimate of drug-likeness (QED) is 0.795. The van der Waals surface area contributed by atoms with Crippen LogP contribution in [0.5, 0.6) is 0 Å². The molecule has 1 fully saturated rings. The highest BCUT2D eigenvalue weighted by Gasteiger charge is 2.23. The van der Waals surface area contributed by atoms with Gasteiger partial charge in [-0.3, -0.25) is 4.79 Å². The minimum atomic E-state index is -3.84. The van der Waals surface area contributed by atoms with Gasteiger partial charge in [0, 0.05) is 18.5 Å². The first kappa shape index (κ1) is 18.5. The normalized spacial score (nSPS) is 16.5. The van der Waals surface area contributed by atoms with Crippen molar-refractivity contribution in [3.8, 4) is 0 Å². The fourth-order valence-electron chi connectivity index (χ4n) is 2.98. The van der Waals surface area contributed by atoms with Crippen molar-refractivity contribution in [1.29, 1.82) is 0 Å². The van der Waals surface area contributed by atoms with Crippen LogP contribution in [0.2, 0.25) is 0 Å². The predicted octanol–water partition coefficient (Wildman–Crippen LogP) is 2.09. The van der Waals surface area contributed by atoms with E-state index in [2.05, 4.69) is 20.2 Å². The Morgan fingerprint density at radius 3 is 2.65 bits per heavy atom. The van der Waals surface area contributed by atoms with Crippen LogP contribution < -0.4 is 10.0 Å². The molecule has 0 bridgehead atoms. The largest absolute Gasteiger partial charge is 0.424 e. The number of sulfonamides is 1. The third-order valence-electron chi connectivity index (χ3n) is 4.34. The molecule has 1 aromatic carbocycles. The molecule has 26 heavy (non-hydrogen) atoms. The Balaban J connectivity index is 1.74. The molecule has 1 aliphatic carbocycles. The van der Waals surface area contributed by atoms with E-state index in [0.29, 0.717) is 11.5 Å². The highest BCUT2D eigenvalue weighted by atomic mass is 32.2. The van der Waals surface area contributed by atoms with Crippen molar-refractivity contribution < 1.29 is 17.6 Å². The number of hydrogen-bond acceptors (Lipinski definition) is 6. The van der Waals surface area contributed by atoms with Crippen molar-refractivity contribution in [2.45, 2.75) is 56.5 Å². The summed E-state index contributed by atoms with van der Waals surface area (Å²) in [5, 5.41) is 10.5. The lowest BCUT2D eigenvalue weighted by atomic mass is 10.2. The second kappa shape index (κ2) is 7.55. The highest BCUT2D eigenvalue weighted by molar-refractivity contribution is 7.89. The molecule has 1 saturated carbocycles. The van der Waals surface area contributed by atoms with Crippen LogP contribution in [0, 0.1) is 6.92 Å². The maximum atomic E-state index is 12.6. The van der Waals surface area contributed by atoms with E-state index in [0.717, 1.165) is 25.7 Å². The average Bonchev–Trinajstić information content (AvgIpc) is 3.26. The Morgan fingerprint density at radius 2 is 2.00 bits per heavy atom. The first-order valence-corrected chi connectivity index (χ1v) is 10.1. The topological polar surface area (TPSA) is 114 Å². The zero-order chi connectivity index (χ0) is 18.7. The summed E-state index contributed by atoms with van der Waals surface area (Å²) in [5.41, 5.74) is 0.320. The smallest absolute Gasteiger partial charge is 0.251 e. The fraction of sp³-hybridized carbons (Fsp3) is 0.471. The van der Waals surface area contributed by atoms with Crippen LogP contribution in [0.4, 0.5) is 0 Å². The summed E-state index contributed by atoms with van der Waals surface area (Å²) in [4.78, 5) is 12.4. The minimum Gasteiger partial charge on any atom is -0.424 e. The monoisotopic (exact) mass is 378 g/mol. The third-order valence-corrected chi connectivity index (χ3v) is 5.88. The Morgan fingerprint density at radius 1 is 1.27 bits per heavy atom. The molecular formula is C17H22N4O4S. The maximum absolute atomic E-state index is 12.6. The van der Waals surface area contributed by atoms with E-state index in [1.54, 1.807) is 26.0 Å². The molecule has 0 saturated heterocycles. The van der Waals surface area contributed by atoms with Crippen molar-refractivity contribution in [3.63, 3.8) is 0 Å². The molecule has 3 rings (SSSR count). The van der Waals surface area contributed by atoms with Crippen LogP contribution in [0.25, 0.3) is 0 Å².